The fourth-order valence-electron chi connectivity index (χ4n) is 2.01. The van der Waals surface area contributed by atoms with Crippen LogP contribution in [0.15, 0.2) is 24.0 Å². The third kappa shape index (κ3) is 1.57. The minimum absolute atomic E-state index is 0.571. The van der Waals surface area contributed by atoms with Gasteiger partial charge in [-0.1, -0.05) is 6.92 Å². The van der Waals surface area contributed by atoms with Crippen molar-refractivity contribution in [1.82, 2.24) is 18.9 Å². The number of fused-ring (bicyclic) bond motifs is 1. The van der Waals surface area contributed by atoms with E-state index in [1.807, 2.05) is 26.7 Å². The summed E-state index contributed by atoms with van der Waals surface area (Å²) in [5.41, 5.74) is 0.571. The maximum atomic E-state index is 11.3. The molecule has 92 valence electrons. The summed E-state index contributed by atoms with van der Waals surface area (Å²) in [5, 5.41) is 1.92. The van der Waals surface area contributed by atoms with Crippen molar-refractivity contribution in [2.24, 2.45) is 0 Å². The molecule has 0 fully saturated rings. The summed E-state index contributed by atoms with van der Waals surface area (Å²) >= 11 is 1.51. The number of nitrogens with zero attached hydrogens (tertiary/aromatic N) is 4. The Morgan fingerprint density at radius 2 is 2.33 bits per heavy atom. The van der Waals surface area contributed by atoms with Crippen LogP contribution in [0, 0.1) is 0 Å². The average molecular weight is 260 g/mol. The molecule has 0 aliphatic heterocycles. The van der Waals surface area contributed by atoms with Crippen molar-refractivity contribution in [3.8, 4) is 5.82 Å². The summed E-state index contributed by atoms with van der Waals surface area (Å²) in [6, 6.07) is 0. The number of rotatable bonds is 4. The smallest absolute Gasteiger partial charge is 0.196 e. The Morgan fingerprint density at radius 3 is 3.11 bits per heavy atom. The van der Waals surface area contributed by atoms with Gasteiger partial charge in [-0.3, -0.25) is 13.8 Å². The van der Waals surface area contributed by atoms with Crippen LogP contribution in [0.1, 0.15) is 29.7 Å². The van der Waals surface area contributed by atoms with E-state index in [-0.39, 0.29) is 0 Å². The van der Waals surface area contributed by atoms with Gasteiger partial charge >= 0.3 is 0 Å². The second-order valence-electron chi connectivity index (χ2n) is 3.96. The quantitative estimate of drug-likeness (QED) is 0.677. The molecule has 0 aliphatic carbocycles. The lowest BCUT2D eigenvalue weighted by molar-refractivity contribution is 0.111. The zero-order chi connectivity index (χ0) is 12.5. The number of carbonyl (C=O) groups excluding carboxylic acids is 1. The molecule has 0 amide bonds. The Bertz CT molecular complexity index is 694. The van der Waals surface area contributed by atoms with Gasteiger partial charge in [0.25, 0.3) is 0 Å². The fraction of sp³-hybridized carbons (Fsp3) is 0.250. The summed E-state index contributed by atoms with van der Waals surface area (Å²) < 4.78 is 3.70. The van der Waals surface area contributed by atoms with E-state index in [1.54, 1.807) is 6.20 Å². The molecule has 6 heteroatoms. The minimum atomic E-state index is 0.571. The van der Waals surface area contributed by atoms with Gasteiger partial charge in [-0.15, -0.1) is 11.3 Å². The fourth-order valence-corrected chi connectivity index (χ4v) is 2.73. The van der Waals surface area contributed by atoms with E-state index in [0.717, 1.165) is 29.9 Å². The molecule has 3 heterocycles. The van der Waals surface area contributed by atoms with Crippen molar-refractivity contribution >= 4 is 22.6 Å². The van der Waals surface area contributed by atoms with Gasteiger partial charge in [0.1, 0.15) is 11.5 Å². The summed E-state index contributed by atoms with van der Waals surface area (Å²) in [4.78, 5) is 20.9. The Kier molecular flexibility index (Phi) is 2.71. The third-order valence-electron chi connectivity index (χ3n) is 2.81. The molecule has 0 bridgehead atoms. The molecule has 18 heavy (non-hydrogen) atoms. The van der Waals surface area contributed by atoms with E-state index in [0.29, 0.717) is 11.5 Å². The molecule has 0 radical (unpaired) electrons. The molecule has 3 aromatic rings. The first-order valence-electron chi connectivity index (χ1n) is 5.78. The van der Waals surface area contributed by atoms with Crippen molar-refractivity contribution in [2.45, 2.75) is 19.8 Å². The molecule has 0 aromatic carbocycles. The van der Waals surface area contributed by atoms with Crippen LogP contribution in [-0.2, 0) is 6.42 Å². The highest BCUT2D eigenvalue weighted by atomic mass is 32.1. The van der Waals surface area contributed by atoms with E-state index >= 15 is 0 Å². The van der Waals surface area contributed by atoms with Gasteiger partial charge in [-0.05, 0) is 6.42 Å². The zero-order valence-electron chi connectivity index (χ0n) is 9.91. The van der Waals surface area contributed by atoms with Gasteiger partial charge in [0, 0.05) is 30.4 Å². The molecule has 0 N–H and O–H groups in total. The monoisotopic (exact) mass is 260 g/mol. The Labute approximate surface area is 108 Å². The SMILES string of the molecule is CCCc1nccn1-c1nc2sccn2c1C=O. The normalized spacial score (nSPS) is 11.2. The lowest BCUT2D eigenvalue weighted by atomic mass is 10.3. The van der Waals surface area contributed by atoms with Crippen LogP contribution in [-0.4, -0.2) is 25.2 Å². The van der Waals surface area contributed by atoms with Gasteiger partial charge in [-0.2, -0.15) is 4.98 Å². The number of aryl methyl sites for hydroxylation is 1. The molecular weight excluding hydrogens is 248 g/mol. The maximum Gasteiger partial charge on any atom is 0.196 e. The number of thiazole rings is 1. The van der Waals surface area contributed by atoms with Crippen LogP contribution >= 0.6 is 11.3 Å². The first-order valence-corrected chi connectivity index (χ1v) is 6.66. The molecule has 3 rings (SSSR count). The summed E-state index contributed by atoms with van der Waals surface area (Å²) in [5.74, 6) is 1.60. The zero-order valence-corrected chi connectivity index (χ0v) is 10.7. The lowest BCUT2D eigenvalue weighted by Crippen LogP contribution is -2.04. The van der Waals surface area contributed by atoms with Crippen molar-refractivity contribution < 1.29 is 4.79 Å². The molecular formula is C12H12N4OS. The van der Waals surface area contributed by atoms with Crippen LogP contribution in [0.3, 0.4) is 0 Å². The largest absolute Gasteiger partial charge is 0.296 e. The number of imidazole rings is 2. The lowest BCUT2D eigenvalue weighted by Gasteiger charge is -2.04. The second-order valence-corrected chi connectivity index (χ2v) is 4.83. The predicted octanol–water partition coefficient (Wildman–Crippen LogP) is 2.35. The summed E-state index contributed by atoms with van der Waals surface area (Å²) in [6.45, 7) is 2.10. The van der Waals surface area contributed by atoms with Crippen molar-refractivity contribution in [3.63, 3.8) is 0 Å². The first-order chi connectivity index (χ1) is 8.85. The maximum absolute atomic E-state index is 11.3. The van der Waals surface area contributed by atoms with Gasteiger partial charge in [0.05, 0.1) is 0 Å². The van der Waals surface area contributed by atoms with E-state index < -0.39 is 0 Å². The molecule has 0 aliphatic rings. The van der Waals surface area contributed by atoms with Crippen LogP contribution in [0.2, 0.25) is 0 Å². The first kappa shape index (κ1) is 11.2. The van der Waals surface area contributed by atoms with Crippen LogP contribution in [0.25, 0.3) is 10.8 Å². The summed E-state index contributed by atoms with van der Waals surface area (Å²) in [6.07, 6.45) is 8.18. The number of carbonyl (C=O) groups is 1. The topological polar surface area (TPSA) is 52.2 Å². The molecule has 0 saturated heterocycles. The van der Waals surface area contributed by atoms with Gasteiger partial charge in [0.2, 0.25) is 0 Å². The molecule has 0 spiro atoms. The molecule has 0 unspecified atom stereocenters. The van der Waals surface area contributed by atoms with E-state index in [1.165, 1.54) is 11.3 Å². The molecule has 0 saturated carbocycles. The minimum Gasteiger partial charge on any atom is -0.296 e. The highest BCUT2D eigenvalue weighted by molar-refractivity contribution is 7.15. The average Bonchev–Trinajstić information content (AvgIpc) is 3.02. The molecule has 5 nitrogen and oxygen atoms in total. The Balaban J connectivity index is 2.20. The highest BCUT2D eigenvalue weighted by Gasteiger charge is 2.16. The number of hydrogen-bond acceptors (Lipinski definition) is 4. The van der Waals surface area contributed by atoms with Crippen molar-refractivity contribution in [3.05, 3.63) is 35.5 Å². The van der Waals surface area contributed by atoms with Crippen molar-refractivity contribution in [2.75, 3.05) is 0 Å². The molecule has 3 aromatic heterocycles. The van der Waals surface area contributed by atoms with Gasteiger partial charge in [-0.25, -0.2) is 4.98 Å². The Hall–Kier alpha value is -1.95. The van der Waals surface area contributed by atoms with Gasteiger partial charge < -0.3 is 0 Å². The predicted molar refractivity (Wildman–Crippen MR) is 69.6 cm³/mol. The summed E-state index contributed by atoms with van der Waals surface area (Å²) in [7, 11) is 0. The molecule has 0 atom stereocenters. The van der Waals surface area contributed by atoms with E-state index in [4.69, 9.17) is 0 Å². The number of aromatic nitrogens is 4. The number of aldehydes is 1. The number of hydrogen-bond donors (Lipinski definition) is 0. The van der Waals surface area contributed by atoms with Crippen molar-refractivity contribution in [1.29, 1.82) is 0 Å². The van der Waals surface area contributed by atoms with Gasteiger partial charge in [0.15, 0.2) is 17.1 Å². The van der Waals surface area contributed by atoms with Crippen LogP contribution in [0.4, 0.5) is 0 Å². The Morgan fingerprint density at radius 1 is 1.44 bits per heavy atom. The van der Waals surface area contributed by atoms with E-state index in [2.05, 4.69) is 16.9 Å². The second kappa shape index (κ2) is 4.38. The van der Waals surface area contributed by atoms with E-state index in [9.17, 15) is 4.79 Å². The standard InChI is InChI=1S/C12H12N4OS/c1-2-3-10-13-4-5-16(10)11-9(8-17)15-6-7-18-12(15)14-11/h4-8H,2-3H2,1H3. The third-order valence-corrected chi connectivity index (χ3v) is 3.57. The van der Waals surface area contributed by atoms with Crippen LogP contribution < -0.4 is 0 Å². The van der Waals surface area contributed by atoms with Crippen LogP contribution in [0.5, 0.6) is 0 Å². The highest BCUT2D eigenvalue weighted by Crippen LogP contribution is 2.20.